The van der Waals surface area contributed by atoms with Gasteiger partial charge in [0.2, 0.25) is 15.9 Å². The number of rotatable bonds is 11. The first-order valence-corrected chi connectivity index (χ1v) is 12.3. The van der Waals surface area contributed by atoms with Crippen LogP contribution in [0.4, 0.5) is 11.4 Å². The highest BCUT2D eigenvalue weighted by Crippen LogP contribution is 2.33. The molecule has 2 aromatic rings. The highest BCUT2D eigenvalue weighted by atomic mass is 32.2. The number of nitrogens with one attached hydrogen (secondary N) is 1. The van der Waals surface area contributed by atoms with Crippen LogP contribution in [0.2, 0.25) is 0 Å². The van der Waals surface area contributed by atoms with Gasteiger partial charge in [-0.1, -0.05) is 12.1 Å². The predicted octanol–water partition coefficient (Wildman–Crippen LogP) is 3.02. The van der Waals surface area contributed by atoms with Gasteiger partial charge in [-0.25, -0.2) is 8.42 Å². The predicted molar refractivity (Wildman–Crippen MR) is 128 cm³/mol. The van der Waals surface area contributed by atoms with Crippen molar-refractivity contribution in [2.45, 2.75) is 33.4 Å². The second kappa shape index (κ2) is 11.1. The van der Waals surface area contributed by atoms with Crippen molar-refractivity contribution in [3.05, 3.63) is 48.0 Å². The van der Waals surface area contributed by atoms with E-state index < -0.39 is 22.0 Å². The summed E-state index contributed by atoms with van der Waals surface area (Å²) in [4.78, 5) is 15.1. The molecule has 176 valence electrons. The van der Waals surface area contributed by atoms with Gasteiger partial charge in [-0.15, -0.1) is 0 Å². The number of hydrogen-bond acceptors (Lipinski definition) is 6. The molecule has 0 aliphatic heterocycles. The van der Waals surface area contributed by atoms with Gasteiger partial charge in [0, 0.05) is 31.4 Å². The fourth-order valence-electron chi connectivity index (χ4n) is 3.52. The zero-order chi connectivity index (χ0) is 23.9. The number of sulfonamides is 1. The van der Waals surface area contributed by atoms with Crippen molar-refractivity contribution in [1.82, 2.24) is 5.32 Å². The van der Waals surface area contributed by atoms with Gasteiger partial charge in [0.15, 0.2) is 11.5 Å². The van der Waals surface area contributed by atoms with Crippen LogP contribution in [-0.4, -0.2) is 53.9 Å². The van der Waals surface area contributed by atoms with E-state index in [0.29, 0.717) is 23.7 Å². The maximum atomic E-state index is 12.8. The first-order valence-electron chi connectivity index (χ1n) is 10.5. The molecular weight excluding hydrogens is 430 g/mol. The molecule has 9 heteroatoms. The van der Waals surface area contributed by atoms with Crippen LogP contribution in [0.5, 0.6) is 11.5 Å². The molecule has 0 aliphatic rings. The SMILES string of the molecule is CCN(CC)c1ccc(CNC(=O)[C@@H](C)N(c2ccc(OC)c(OC)c2)S(C)(=O)=O)cc1. The molecule has 0 aliphatic carbocycles. The number of nitrogens with zero attached hydrogens (tertiary/aromatic N) is 2. The van der Waals surface area contributed by atoms with Crippen LogP contribution >= 0.6 is 0 Å². The van der Waals surface area contributed by atoms with Crippen molar-refractivity contribution in [2.24, 2.45) is 0 Å². The summed E-state index contributed by atoms with van der Waals surface area (Å²) in [6.45, 7) is 7.89. The zero-order valence-corrected chi connectivity index (χ0v) is 20.4. The van der Waals surface area contributed by atoms with E-state index in [4.69, 9.17) is 9.47 Å². The van der Waals surface area contributed by atoms with E-state index in [1.165, 1.54) is 20.3 Å². The number of benzene rings is 2. The normalized spacial score (nSPS) is 12.1. The average Bonchev–Trinajstić information content (AvgIpc) is 2.78. The van der Waals surface area contributed by atoms with Gasteiger partial charge in [-0.05, 0) is 50.6 Å². The van der Waals surface area contributed by atoms with Crippen LogP contribution < -0.4 is 24.0 Å². The molecule has 0 aromatic heterocycles. The zero-order valence-electron chi connectivity index (χ0n) is 19.6. The van der Waals surface area contributed by atoms with E-state index in [1.54, 1.807) is 19.1 Å². The first kappa shape index (κ1) is 25.3. The summed E-state index contributed by atoms with van der Waals surface area (Å²) in [6, 6.07) is 11.7. The third-order valence-corrected chi connectivity index (χ3v) is 6.48. The Balaban J connectivity index is 2.17. The Bertz CT molecular complexity index is 1000. The molecule has 0 fully saturated rings. The van der Waals surface area contributed by atoms with E-state index in [2.05, 4.69) is 24.1 Å². The Morgan fingerprint density at radius 3 is 2.03 bits per heavy atom. The van der Waals surface area contributed by atoms with Crippen LogP contribution in [0.1, 0.15) is 26.3 Å². The molecule has 0 radical (unpaired) electrons. The minimum absolute atomic E-state index is 0.297. The highest BCUT2D eigenvalue weighted by Gasteiger charge is 2.29. The van der Waals surface area contributed by atoms with E-state index >= 15 is 0 Å². The van der Waals surface area contributed by atoms with E-state index in [1.807, 2.05) is 24.3 Å². The molecule has 32 heavy (non-hydrogen) atoms. The Kier molecular flexibility index (Phi) is 8.77. The molecule has 2 rings (SSSR count). The highest BCUT2D eigenvalue weighted by molar-refractivity contribution is 7.92. The van der Waals surface area contributed by atoms with Crippen LogP contribution in [0.3, 0.4) is 0 Å². The molecule has 1 N–H and O–H groups in total. The number of carbonyl (C=O) groups excluding carboxylic acids is 1. The van der Waals surface area contributed by atoms with E-state index in [9.17, 15) is 13.2 Å². The van der Waals surface area contributed by atoms with Gasteiger partial charge < -0.3 is 19.7 Å². The van der Waals surface area contributed by atoms with Crippen molar-refractivity contribution in [2.75, 3.05) is 42.8 Å². The monoisotopic (exact) mass is 463 g/mol. The van der Waals surface area contributed by atoms with Crippen LogP contribution in [0, 0.1) is 0 Å². The number of ether oxygens (including phenoxy) is 2. The molecule has 2 aromatic carbocycles. The van der Waals surface area contributed by atoms with Crippen molar-refractivity contribution >= 4 is 27.3 Å². The quantitative estimate of drug-likeness (QED) is 0.551. The maximum absolute atomic E-state index is 12.8. The maximum Gasteiger partial charge on any atom is 0.243 e. The lowest BCUT2D eigenvalue weighted by atomic mass is 10.2. The summed E-state index contributed by atoms with van der Waals surface area (Å²) in [6.07, 6.45) is 1.07. The lowest BCUT2D eigenvalue weighted by Gasteiger charge is -2.28. The second-order valence-corrected chi connectivity index (χ2v) is 9.19. The van der Waals surface area contributed by atoms with E-state index in [-0.39, 0.29) is 0 Å². The largest absolute Gasteiger partial charge is 0.493 e. The Hall–Kier alpha value is -2.94. The van der Waals surface area contributed by atoms with Crippen LogP contribution in [-0.2, 0) is 21.4 Å². The van der Waals surface area contributed by atoms with Gasteiger partial charge in [0.1, 0.15) is 6.04 Å². The third kappa shape index (κ3) is 6.06. The summed E-state index contributed by atoms with van der Waals surface area (Å²) in [5.41, 5.74) is 2.37. The minimum Gasteiger partial charge on any atom is -0.493 e. The summed E-state index contributed by atoms with van der Waals surface area (Å²) in [5, 5.41) is 2.83. The van der Waals surface area contributed by atoms with Gasteiger partial charge in [0.05, 0.1) is 26.2 Å². The number of amides is 1. The third-order valence-electron chi connectivity index (χ3n) is 5.24. The second-order valence-electron chi connectivity index (χ2n) is 7.33. The molecular formula is C23H33N3O5S. The summed E-state index contributed by atoms with van der Waals surface area (Å²) >= 11 is 0. The van der Waals surface area contributed by atoms with Gasteiger partial charge >= 0.3 is 0 Å². The van der Waals surface area contributed by atoms with Crippen molar-refractivity contribution in [3.63, 3.8) is 0 Å². The molecule has 0 unspecified atom stereocenters. The van der Waals surface area contributed by atoms with Crippen LogP contribution in [0.15, 0.2) is 42.5 Å². The first-order chi connectivity index (χ1) is 15.2. The molecule has 1 amide bonds. The molecule has 0 spiro atoms. The minimum atomic E-state index is -3.74. The van der Waals surface area contributed by atoms with Crippen LogP contribution in [0.25, 0.3) is 0 Å². The molecule has 0 saturated carbocycles. The molecule has 0 bridgehead atoms. The number of methoxy groups -OCH3 is 2. The smallest absolute Gasteiger partial charge is 0.243 e. The Morgan fingerprint density at radius 2 is 1.53 bits per heavy atom. The lowest BCUT2D eigenvalue weighted by Crippen LogP contribution is -2.47. The van der Waals surface area contributed by atoms with Gasteiger partial charge in [-0.2, -0.15) is 0 Å². The molecule has 1 atom stereocenters. The Morgan fingerprint density at radius 1 is 0.969 bits per heavy atom. The van der Waals surface area contributed by atoms with Crippen molar-refractivity contribution in [1.29, 1.82) is 0 Å². The van der Waals surface area contributed by atoms with Crippen molar-refractivity contribution in [3.8, 4) is 11.5 Å². The average molecular weight is 464 g/mol. The lowest BCUT2D eigenvalue weighted by molar-refractivity contribution is -0.122. The molecule has 0 saturated heterocycles. The van der Waals surface area contributed by atoms with Gasteiger partial charge in [0.25, 0.3) is 0 Å². The number of carbonyl (C=O) groups is 1. The molecule has 8 nitrogen and oxygen atoms in total. The summed E-state index contributed by atoms with van der Waals surface area (Å²) < 4.78 is 36.6. The topological polar surface area (TPSA) is 88.2 Å². The number of anilines is 2. The van der Waals surface area contributed by atoms with Crippen molar-refractivity contribution < 1.29 is 22.7 Å². The number of hydrogen-bond donors (Lipinski definition) is 1. The standard InChI is InChI=1S/C23H33N3O5S/c1-7-25(8-2)19-11-9-18(10-12-19)16-24-23(27)17(3)26(32(6,28)29)20-13-14-21(30-4)22(15-20)31-5/h9-15,17H,7-8,16H2,1-6H3,(H,24,27)/t17-/m1/s1. The fourth-order valence-corrected chi connectivity index (χ4v) is 4.69. The van der Waals surface area contributed by atoms with Gasteiger partial charge in [-0.3, -0.25) is 9.10 Å². The molecule has 0 heterocycles. The fraction of sp³-hybridized carbons (Fsp3) is 0.435. The Labute approximate surface area is 191 Å². The van der Waals surface area contributed by atoms with E-state index in [0.717, 1.165) is 34.9 Å². The summed E-state index contributed by atoms with van der Waals surface area (Å²) in [5.74, 6) is 0.438. The summed E-state index contributed by atoms with van der Waals surface area (Å²) in [7, 11) is -0.777.